The van der Waals surface area contributed by atoms with Gasteiger partial charge in [-0.25, -0.2) is 4.98 Å². The zero-order chi connectivity index (χ0) is 18.7. The molecule has 2 heterocycles. The summed E-state index contributed by atoms with van der Waals surface area (Å²) in [5.41, 5.74) is 2.63. The molecule has 0 aliphatic heterocycles. The van der Waals surface area contributed by atoms with E-state index in [0.29, 0.717) is 22.6 Å². The number of rotatable bonds is 4. The lowest BCUT2D eigenvalue weighted by Gasteiger charge is -2.11. The van der Waals surface area contributed by atoms with Crippen LogP contribution in [-0.2, 0) is 0 Å². The van der Waals surface area contributed by atoms with Gasteiger partial charge in [-0.05, 0) is 62.7 Å². The molecule has 0 spiro atoms. The topological polar surface area (TPSA) is 75.0 Å². The number of aryl methyl sites for hydroxylation is 3. The Hall–Kier alpha value is -3.17. The lowest BCUT2D eigenvalue weighted by Crippen LogP contribution is -2.12. The summed E-state index contributed by atoms with van der Waals surface area (Å²) in [7, 11) is 0. The van der Waals surface area contributed by atoms with Gasteiger partial charge in [0.15, 0.2) is 0 Å². The molecular weight excluding hydrogens is 346 g/mol. The summed E-state index contributed by atoms with van der Waals surface area (Å²) in [6.45, 7) is 5.81. The van der Waals surface area contributed by atoms with E-state index in [1.807, 2.05) is 32.9 Å². The number of carbonyl (C=O) groups is 1. The number of carbonyl (C=O) groups excluding carboxylic acids is 1. The molecule has 0 fully saturated rings. The Balaban J connectivity index is 1.78. The Morgan fingerprint density at radius 2 is 2.04 bits per heavy atom. The van der Waals surface area contributed by atoms with Crippen LogP contribution in [0.4, 0.5) is 5.69 Å². The van der Waals surface area contributed by atoms with Crippen molar-refractivity contribution in [2.24, 2.45) is 0 Å². The summed E-state index contributed by atoms with van der Waals surface area (Å²) in [5.74, 6) is 0.689. The standard InChI is InChI=1S/C20H17N3O2S/c1-12-9-16(25-20-15(11-21)5-4-8-22-20)6-7-18(12)23-19(24)17-10-13(2)26-14(17)3/h4-10H,1-3H3,(H,23,24). The molecule has 5 nitrogen and oxygen atoms in total. The molecule has 0 atom stereocenters. The van der Waals surface area contributed by atoms with Gasteiger partial charge in [-0.1, -0.05) is 0 Å². The Labute approximate surface area is 155 Å². The van der Waals surface area contributed by atoms with Gasteiger partial charge in [-0.2, -0.15) is 5.26 Å². The van der Waals surface area contributed by atoms with Crippen molar-refractivity contribution in [3.05, 3.63) is 69.0 Å². The molecule has 3 rings (SSSR count). The number of amides is 1. The normalized spacial score (nSPS) is 10.2. The minimum atomic E-state index is -0.125. The third-order valence-electron chi connectivity index (χ3n) is 3.84. The molecule has 2 aromatic heterocycles. The van der Waals surface area contributed by atoms with Crippen LogP contribution < -0.4 is 10.1 Å². The van der Waals surface area contributed by atoms with Gasteiger partial charge in [0.2, 0.25) is 5.88 Å². The van der Waals surface area contributed by atoms with E-state index < -0.39 is 0 Å². The van der Waals surface area contributed by atoms with Gasteiger partial charge in [0.25, 0.3) is 5.91 Å². The average molecular weight is 363 g/mol. The van der Waals surface area contributed by atoms with Crippen LogP contribution in [0.3, 0.4) is 0 Å². The summed E-state index contributed by atoms with van der Waals surface area (Å²) >= 11 is 1.61. The highest BCUT2D eigenvalue weighted by Gasteiger charge is 2.14. The van der Waals surface area contributed by atoms with Gasteiger partial charge < -0.3 is 10.1 Å². The van der Waals surface area contributed by atoms with Crippen molar-refractivity contribution in [1.82, 2.24) is 4.98 Å². The molecule has 0 saturated carbocycles. The summed E-state index contributed by atoms with van der Waals surface area (Å²) in [6.07, 6.45) is 1.57. The van der Waals surface area contributed by atoms with Crippen molar-refractivity contribution in [2.75, 3.05) is 5.32 Å². The zero-order valence-corrected chi connectivity index (χ0v) is 15.5. The second-order valence-electron chi connectivity index (χ2n) is 5.83. The van der Waals surface area contributed by atoms with E-state index in [1.54, 1.807) is 47.9 Å². The van der Waals surface area contributed by atoms with Gasteiger partial charge in [0.1, 0.15) is 17.4 Å². The van der Waals surface area contributed by atoms with Crippen molar-refractivity contribution < 1.29 is 9.53 Å². The fraction of sp³-hybridized carbons (Fsp3) is 0.150. The van der Waals surface area contributed by atoms with Crippen LogP contribution in [0, 0.1) is 32.1 Å². The number of thiophene rings is 1. The fourth-order valence-corrected chi connectivity index (χ4v) is 3.48. The lowest BCUT2D eigenvalue weighted by molar-refractivity contribution is 0.102. The molecular formula is C20H17N3O2S. The number of nitriles is 1. The van der Waals surface area contributed by atoms with Gasteiger partial charge in [0.05, 0.1) is 5.56 Å². The first-order valence-electron chi connectivity index (χ1n) is 8.00. The fourth-order valence-electron chi connectivity index (χ4n) is 2.55. The van der Waals surface area contributed by atoms with Crippen LogP contribution in [0.5, 0.6) is 11.6 Å². The zero-order valence-electron chi connectivity index (χ0n) is 14.7. The number of hydrogen-bond donors (Lipinski definition) is 1. The second kappa shape index (κ2) is 7.38. The Morgan fingerprint density at radius 1 is 1.23 bits per heavy atom. The third-order valence-corrected chi connectivity index (χ3v) is 4.80. The van der Waals surface area contributed by atoms with Crippen molar-refractivity contribution in [3.8, 4) is 17.7 Å². The minimum absolute atomic E-state index is 0.125. The van der Waals surface area contributed by atoms with Crippen molar-refractivity contribution in [3.63, 3.8) is 0 Å². The summed E-state index contributed by atoms with van der Waals surface area (Å²) in [6, 6.07) is 12.6. The van der Waals surface area contributed by atoms with Crippen LogP contribution in [0.1, 0.15) is 31.2 Å². The molecule has 3 aromatic rings. The Bertz CT molecular complexity index is 1020. The number of nitrogens with one attached hydrogen (secondary N) is 1. The van der Waals surface area contributed by atoms with Crippen LogP contribution in [0.2, 0.25) is 0 Å². The van der Waals surface area contributed by atoms with Crippen molar-refractivity contribution in [1.29, 1.82) is 5.26 Å². The van der Waals surface area contributed by atoms with E-state index in [4.69, 9.17) is 10.00 Å². The summed E-state index contributed by atoms with van der Waals surface area (Å²) in [5, 5.41) is 12.0. The largest absolute Gasteiger partial charge is 0.438 e. The Morgan fingerprint density at radius 3 is 2.69 bits per heavy atom. The second-order valence-corrected chi connectivity index (χ2v) is 7.29. The van der Waals surface area contributed by atoms with Crippen LogP contribution in [0.15, 0.2) is 42.6 Å². The lowest BCUT2D eigenvalue weighted by atomic mass is 10.1. The number of benzene rings is 1. The molecule has 1 amide bonds. The predicted molar refractivity (Wildman–Crippen MR) is 102 cm³/mol. The smallest absolute Gasteiger partial charge is 0.256 e. The summed E-state index contributed by atoms with van der Waals surface area (Å²) in [4.78, 5) is 18.7. The van der Waals surface area contributed by atoms with Crippen molar-refractivity contribution in [2.45, 2.75) is 20.8 Å². The predicted octanol–water partition coefficient (Wildman–Crippen LogP) is 4.98. The molecule has 0 unspecified atom stereocenters. The molecule has 26 heavy (non-hydrogen) atoms. The minimum Gasteiger partial charge on any atom is -0.438 e. The van der Waals surface area contributed by atoms with E-state index in [0.717, 1.165) is 15.3 Å². The molecule has 6 heteroatoms. The van der Waals surface area contributed by atoms with E-state index in [9.17, 15) is 4.79 Å². The maximum absolute atomic E-state index is 12.5. The number of anilines is 1. The van der Waals surface area contributed by atoms with E-state index in [2.05, 4.69) is 10.3 Å². The summed E-state index contributed by atoms with van der Waals surface area (Å²) < 4.78 is 5.70. The number of ether oxygens (including phenoxy) is 1. The van der Waals surface area contributed by atoms with Gasteiger partial charge in [0, 0.05) is 21.6 Å². The van der Waals surface area contributed by atoms with Crippen LogP contribution >= 0.6 is 11.3 Å². The molecule has 1 aromatic carbocycles. The maximum Gasteiger partial charge on any atom is 0.256 e. The molecule has 0 saturated heterocycles. The van der Waals surface area contributed by atoms with E-state index >= 15 is 0 Å². The first kappa shape index (κ1) is 17.6. The molecule has 1 N–H and O–H groups in total. The van der Waals surface area contributed by atoms with Gasteiger partial charge in [-0.15, -0.1) is 11.3 Å². The van der Waals surface area contributed by atoms with Crippen LogP contribution in [0.25, 0.3) is 0 Å². The third kappa shape index (κ3) is 3.73. The highest BCUT2D eigenvalue weighted by Crippen LogP contribution is 2.28. The monoisotopic (exact) mass is 363 g/mol. The molecule has 0 aliphatic rings. The number of nitrogens with zero attached hydrogens (tertiary/aromatic N) is 2. The molecule has 130 valence electrons. The number of pyridine rings is 1. The van der Waals surface area contributed by atoms with Crippen LogP contribution in [-0.4, -0.2) is 10.9 Å². The SMILES string of the molecule is Cc1cc(C(=O)Nc2ccc(Oc3ncccc3C#N)cc2C)c(C)s1. The highest BCUT2D eigenvalue weighted by molar-refractivity contribution is 7.12. The van der Waals surface area contributed by atoms with Gasteiger partial charge >= 0.3 is 0 Å². The molecule has 0 bridgehead atoms. The number of hydrogen-bond acceptors (Lipinski definition) is 5. The number of aromatic nitrogens is 1. The van der Waals surface area contributed by atoms with Gasteiger partial charge in [-0.3, -0.25) is 4.79 Å². The first-order valence-corrected chi connectivity index (χ1v) is 8.81. The van der Waals surface area contributed by atoms with Crippen molar-refractivity contribution >= 4 is 22.9 Å². The molecule has 0 aliphatic carbocycles. The molecule has 0 radical (unpaired) electrons. The maximum atomic E-state index is 12.5. The Kier molecular flexibility index (Phi) is 5.01. The quantitative estimate of drug-likeness (QED) is 0.709. The van der Waals surface area contributed by atoms with E-state index in [-0.39, 0.29) is 11.8 Å². The highest BCUT2D eigenvalue weighted by atomic mass is 32.1. The average Bonchev–Trinajstić information content (AvgIpc) is 2.96. The van der Waals surface area contributed by atoms with E-state index in [1.165, 1.54) is 0 Å². The first-order chi connectivity index (χ1) is 12.5.